The van der Waals surface area contributed by atoms with Gasteiger partial charge in [0.15, 0.2) is 9.84 Å². The highest BCUT2D eigenvalue weighted by atomic mass is 32.2. The summed E-state index contributed by atoms with van der Waals surface area (Å²) in [7, 11) is -1.88. The quantitative estimate of drug-likeness (QED) is 0.704. The van der Waals surface area contributed by atoms with E-state index in [-0.39, 0.29) is 22.4 Å². The van der Waals surface area contributed by atoms with E-state index in [1.165, 1.54) is 47.7 Å². The molecule has 0 saturated carbocycles. The average Bonchev–Trinajstić information content (AvgIpc) is 2.96. The smallest absolute Gasteiger partial charge is 0.261 e. The van der Waals surface area contributed by atoms with E-state index in [2.05, 4.69) is 9.36 Å². The Morgan fingerprint density at radius 3 is 2.83 bits per heavy atom. The van der Waals surface area contributed by atoms with Gasteiger partial charge in [0.2, 0.25) is 5.88 Å². The number of aromatic nitrogens is 3. The lowest BCUT2D eigenvalue weighted by atomic mass is 10.2. The molecule has 3 rings (SSSR count). The summed E-state index contributed by atoms with van der Waals surface area (Å²) < 4.78 is 33.9. The van der Waals surface area contributed by atoms with Gasteiger partial charge in [0, 0.05) is 17.2 Å². The maximum atomic E-state index is 12.6. The third-order valence-corrected chi connectivity index (χ3v) is 5.13. The van der Waals surface area contributed by atoms with Crippen LogP contribution < -0.4 is 10.3 Å². The number of fused-ring (bicyclic) bond motifs is 1. The van der Waals surface area contributed by atoms with E-state index < -0.39 is 9.84 Å². The number of sulfone groups is 1. The summed E-state index contributed by atoms with van der Waals surface area (Å²) >= 11 is 1.24. The number of hydrogen-bond acceptors (Lipinski definition) is 7. The number of methoxy groups -OCH3 is 1. The van der Waals surface area contributed by atoms with Gasteiger partial charge in [-0.2, -0.15) is 4.37 Å². The Morgan fingerprint density at radius 1 is 1.35 bits per heavy atom. The topological polar surface area (TPSA) is 91.2 Å². The minimum Gasteiger partial charge on any atom is -0.480 e. The standard InChI is InChI=1S/C14H13N3O4S2/c1-21-13-9(7-22-16-13)6-17-8-15-12-4-3-10(23(2,19)20)5-11(12)14(17)18/h3-5,7-8H,6H2,1-2H3. The molecule has 0 atom stereocenters. The molecule has 0 saturated heterocycles. The van der Waals surface area contributed by atoms with Crippen molar-refractivity contribution in [3.8, 4) is 5.88 Å². The zero-order valence-corrected chi connectivity index (χ0v) is 14.0. The second-order valence-corrected chi connectivity index (χ2v) is 7.62. The van der Waals surface area contributed by atoms with Gasteiger partial charge in [-0.25, -0.2) is 13.4 Å². The van der Waals surface area contributed by atoms with Gasteiger partial charge in [-0.05, 0) is 29.7 Å². The van der Waals surface area contributed by atoms with Crippen LogP contribution >= 0.6 is 11.5 Å². The Labute approximate surface area is 136 Å². The van der Waals surface area contributed by atoms with Gasteiger partial charge >= 0.3 is 0 Å². The van der Waals surface area contributed by atoms with Crippen LogP contribution in [0.4, 0.5) is 0 Å². The number of hydrogen-bond donors (Lipinski definition) is 0. The number of benzene rings is 1. The normalized spacial score (nSPS) is 11.7. The van der Waals surface area contributed by atoms with Crippen LogP contribution in [-0.2, 0) is 16.4 Å². The fraction of sp³-hybridized carbons (Fsp3) is 0.214. The summed E-state index contributed by atoms with van der Waals surface area (Å²) in [6, 6.07) is 4.34. The van der Waals surface area contributed by atoms with Crippen molar-refractivity contribution in [1.29, 1.82) is 0 Å². The van der Waals surface area contributed by atoms with Crippen molar-refractivity contribution in [1.82, 2.24) is 13.9 Å². The van der Waals surface area contributed by atoms with Crippen LogP contribution in [-0.4, -0.2) is 35.7 Å². The van der Waals surface area contributed by atoms with Crippen LogP contribution in [0.25, 0.3) is 10.9 Å². The zero-order valence-electron chi connectivity index (χ0n) is 12.4. The molecule has 2 aromatic heterocycles. The maximum Gasteiger partial charge on any atom is 0.261 e. The van der Waals surface area contributed by atoms with Crippen LogP contribution in [0.15, 0.2) is 39.6 Å². The molecule has 0 bridgehead atoms. The van der Waals surface area contributed by atoms with E-state index in [4.69, 9.17) is 4.74 Å². The summed E-state index contributed by atoms with van der Waals surface area (Å²) in [5.74, 6) is 0.465. The zero-order chi connectivity index (χ0) is 16.6. The molecule has 2 heterocycles. The van der Waals surface area contributed by atoms with Crippen molar-refractivity contribution in [3.05, 3.63) is 45.8 Å². The summed E-state index contributed by atoms with van der Waals surface area (Å²) in [5, 5.41) is 2.06. The van der Waals surface area contributed by atoms with E-state index in [9.17, 15) is 13.2 Å². The van der Waals surface area contributed by atoms with Crippen molar-refractivity contribution in [2.24, 2.45) is 0 Å². The van der Waals surface area contributed by atoms with Gasteiger partial charge in [0.1, 0.15) is 0 Å². The highest BCUT2D eigenvalue weighted by Crippen LogP contribution is 2.20. The Hall–Kier alpha value is -2.26. The third kappa shape index (κ3) is 2.97. The summed E-state index contributed by atoms with van der Waals surface area (Å²) in [5.41, 5.74) is 0.905. The van der Waals surface area contributed by atoms with Crippen molar-refractivity contribution in [2.45, 2.75) is 11.4 Å². The lowest BCUT2D eigenvalue weighted by Crippen LogP contribution is -2.21. The SMILES string of the molecule is COc1nscc1Cn1cnc2ccc(S(C)(=O)=O)cc2c1=O. The first-order valence-corrected chi connectivity index (χ1v) is 9.29. The number of ether oxygens (including phenoxy) is 1. The molecule has 0 unspecified atom stereocenters. The predicted octanol–water partition coefficient (Wildman–Crippen LogP) is 1.31. The van der Waals surface area contributed by atoms with E-state index in [0.717, 1.165) is 11.8 Å². The van der Waals surface area contributed by atoms with Crippen molar-refractivity contribution in [3.63, 3.8) is 0 Å². The van der Waals surface area contributed by atoms with E-state index in [1.54, 1.807) is 5.38 Å². The first-order valence-electron chi connectivity index (χ1n) is 6.56. The van der Waals surface area contributed by atoms with Crippen molar-refractivity contribution in [2.75, 3.05) is 13.4 Å². The molecule has 7 nitrogen and oxygen atoms in total. The predicted molar refractivity (Wildman–Crippen MR) is 86.9 cm³/mol. The van der Waals surface area contributed by atoms with Crippen LogP contribution in [0, 0.1) is 0 Å². The van der Waals surface area contributed by atoms with E-state index in [1.807, 2.05) is 0 Å². The highest BCUT2D eigenvalue weighted by molar-refractivity contribution is 7.90. The fourth-order valence-corrected chi connectivity index (χ4v) is 3.47. The average molecular weight is 351 g/mol. The minimum absolute atomic E-state index is 0.0939. The molecule has 0 N–H and O–H groups in total. The first-order chi connectivity index (χ1) is 10.9. The van der Waals surface area contributed by atoms with Crippen LogP contribution in [0.3, 0.4) is 0 Å². The molecule has 0 radical (unpaired) electrons. The van der Waals surface area contributed by atoms with Gasteiger partial charge in [-0.3, -0.25) is 9.36 Å². The van der Waals surface area contributed by atoms with Crippen LogP contribution in [0.1, 0.15) is 5.56 Å². The molecule has 120 valence electrons. The highest BCUT2D eigenvalue weighted by Gasteiger charge is 2.13. The Morgan fingerprint density at radius 2 is 2.13 bits per heavy atom. The molecular weight excluding hydrogens is 338 g/mol. The molecule has 0 amide bonds. The van der Waals surface area contributed by atoms with Gasteiger partial charge in [-0.15, -0.1) is 0 Å². The molecule has 0 aliphatic carbocycles. The number of rotatable bonds is 4. The van der Waals surface area contributed by atoms with E-state index >= 15 is 0 Å². The van der Waals surface area contributed by atoms with Gasteiger partial charge in [0.05, 0.1) is 35.8 Å². The molecule has 23 heavy (non-hydrogen) atoms. The summed E-state index contributed by atoms with van der Waals surface area (Å²) in [6.45, 7) is 0.255. The summed E-state index contributed by atoms with van der Waals surface area (Å²) in [4.78, 5) is 16.9. The van der Waals surface area contributed by atoms with Crippen molar-refractivity contribution >= 4 is 32.3 Å². The molecule has 0 aliphatic heterocycles. The number of nitrogens with zero attached hydrogens (tertiary/aromatic N) is 3. The molecule has 3 aromatic rings. The summed E-state index contributed by atoms with van der Waals surface area (Å²) in [6.07, 6.45) is 2.53. The van der Waals surface area contributed by atoms with Gasteiger partial charge in [0.25, 0.3) is 5.56 Å². The first kappa shape index (κ1) is 15.6. The largest absolute Gasteiger partial charge is 0.480 e. The second kappa shape index (κ2) is 5.74. The molecule has 0 fully saturated rings. The minimum atomic E-state index is -3.39. The third-order valence-electron chi connectivity index (χ3n) is 3.36. The van der Waals surface area contributed by atoms with Crippen LogP contribution in [0.5, 0.6) is 5.88 Å². The Bertz CT molecular complexity index is 1040. The molecule has 9 heteroatoms. The molecule has 0 spiro atoms. The second-order valence-electron chi connectivity index (χ2n) is 4.98. The Balaban J connectivity index is 2.12. The lowest BCUT2D eigenvalue weighted by Gasteiger charge is -2.07. The monoisotopic (exact) mass is 351 g/mol. The van der Waals surface area contributed by atoms with E-state index in [0.29, 0.717) is 11.4 Å². The van der Waals surface area contributed by atoms with Gasteiger partial charge in [-0.1, -0.05) is 0 Å². The lowest BCUT2D eigenvalue weighted by molar-refractivity contribution is 0.396. The molecular formula is C14H13N3O4S2. The van der Waals surface area contributed by atoms with Gasteiger partial charge < -0.3 is 4.74 Å². The molecule has 1 aromatic carbocycles. The maximum absolute atomic E-state index is 12.6. The Kier molecular flexibility index (Phi) is 3.90. The van der Waals surface area contributed by atoms with Crippen LogP contribution in [0.2, 0.25) is 0 Å². The molecule has 0 aliphatic rings. The fourth-order valence-electron chi connectivity index (χ4n) is 2.18. The van der Waals surface area contributed by atoms with Crippen molar-refractivity contribution < 1.29 is 13.2 Å².